The average Bonchev–Trinajstić information content (AvgIpc) is 3.00. The van der Waals surface area contributed by atoms with Gasteiger partial charge in [0, 0.05) is 30.4 Å². The van der Waals surface area contributed by atoms with Gasteiger partial charge in [0.2, 0.25) is 0 Å². The summed E-state index contributed by atoms with van der Waals surface area (Å²) < 4.78 is 29.9. The van der Waals surface area contributed by atoms with E-state index in [2.05, 4.69) is 5.32 Å². The molecule has 182 valence electrons. The fourth-order valence-electron chi connectivity index (χ4n) is 3.97. The molecule has 4 rings (SSSR count). The van der Waals surface area contributed by atoms with Crippen LogP contribution in [0.3, 0.4) is 0 Å². The summed E-state index contributed by atoms with van der Waals surface area (Å²) >= 11 is 0. The first-order valence-corrected chi connectivity index (χ1v) is 11.3. The Morgan fingerprint density at radius 2 is 1.86 bits per heavy atom. The number of rotatable bonds is 7. The molecular formula is C27H27FN2O5. The van der Waals surface area contributed by atoms with Crippen molar-refractivity contribution < 1.29 is 28.2 Å². The van der Waals surface area contributed by atoms with Crippen LogP contribution < -0.4 is 19.5 Å². The first kappa shape index (κ1) is 24.1. The number of methoxy groups -OCH3 is 2. The van der Waals surface area contributed by atoms with Gasteiger partial charge in [0.25, 0.3) is 11.8 Å². The highest BCUT2D eigenvalue weighted by Crippen LogP contribution is 2.31. The van der Waals surface area contributed by atoms with Gasteiger partial charge in [-0.3, -0.25) is 9.59 Å². The predicted octanol–water partition coefficient (Wildman–Crippen LogP) is 4.80. The Morgan fingerprint density at radius 1 is 1.09 bits per heavy atom. The number of benzene rings is 3. The van der Waals surface area contributed by atoms with Crippen LogP contribution in [-0.2, 0) is 17.9 Å². The number of carbonyl (C=O) groups excluding carboxylic acids is 2. The Labute approximate surface area is 203 Å². The van der Waals surface area contributed by atoms with E-state index in [1.165, 1.54) is 19.2 Å². The number of nitrogens with zero attached hydrogens (tertiary/aromatic N) is 1. The highest BCUT2D eigenvalue weighted by molar-refractivity contribution is 6.06. The number of anilines is 1. The summed E-state index contributed by atoms with van der Waals surface area (Å²) in [5.41, 5.74) is 2.49. The zero-order chi connectivity index (χ0) is 24.9. The van der Waals surface area contributed by atoms with Crippen LogP contribution in [0.2, 0.25) is 0 Å². The second-order valence-corrected chi connectivity index (χ2v) is 8.18. The van der Waals surface area contributed by atoms with Crippen molar-refractivity contribution in [1.29, 1.82) is 0 Å². The first-order valence-electron chi connectivity index (χ1n) is 11.3. The topological polar surface area (TPSA) is 77.1 Å². The van der Waals surface area contributed by atoms with Gasteiger partial charge in [0.1, 0.15) is 23.1 Å². The Kier molecular flexibility index (Phi) is 7.19. The van der Waals surface area contributed by atoms with Crippen molar-refractivity contribution in [3.05, 3.63) is 83.2 Å². The number of halogens is 1. The molecule has 1 atom stereocenters. The molecule has 35 heavy (non-hydrogen) atoms. The Morgan fingerprint density at radius 3 is 2.54 bits per heavy atom. The van der Waals surface area contributed by atoms with Crippen molar-refractivity contribution >= 4 is 17.5 Å². The molecule has 3 aromatic carbocycles. The number of hydrogen-bond acceptors (Lipinski definition) is 5. The predicted molar refractivity (Wildman–Crippen MR) is 129 cm³/mol. The lowest BCUT2D eigenvalue weighted by Crippen LogP contribution is -2.38. The maximum Gasteiger partial charge on any atom is 0.264 e. The molecule has 0 aromatic heterocycles. The molecule has 0 spiro atoms. The van der Waals surface area contributed by atoms with Crippen LogP contribution >= 0.6 is 0 Å². The van der Waals surface area contributed by atoms with Gasteiger partial charge in [0.05, 0.1) is 19.8 Å². The normalized spacial score (nSPS) is 15.0. The van der Waals surface area contributed by atoms with Gasteiger partial charge in [-0.1, -0.05) is 19.1 Å². The summed E-state index contributed by atoms with van der Waals surface area (Å²) in [6, 6.07) is 16.3. The zero-order valence-electron chi connectivity index (χ0n) is 19.8. The van der Waals surface area contributed by atoms with Gasteiger partial charge in [0.15, 0.2) is 6.10 Å². The Hall–Kier alpha value is -4.07. The van der Waals surface area contributed by atoms with E-state index < -0.39 is 6.10 Å². The summed E-state index contributed by atoms with van der Waals surface area (Å²) in [7, 11) is 3.03. The van der Waals surface area contributed by atoms with Crippen LogP contribution in [0.25, 0.3) is 0 Å². The van der Waals surface area contributed by atoms with Gasteiger partial charge in [-0.2, -0.15) is 0 Å². The molecule has 8 heteroatoms. The standard InChI is InChI=1S/C27H27FN2O5/c1-4-23-27(32)30(15-17-5-7-19(28)8-6-17)16-18-13-20(9-12-24(18)35-23)29-26(31)22-11-10-21(33-2)14-25(22)34-3/h5-14,23H,4,15-16H2,1-3H3,(H,29,31)/t23-/m1/s1. The van der Waals surface area contributed by atoms with E-state index in [-0.39, 0.29) is 24.2 Å². The van der Waals surface area contributed by atoms with E-state index in [1.807, 2.05) is 6.92 Å². The summed E-state index contributed by atoms with van der Waals surface area (Å²) in [5, 5.41) is 2.89. The molecule has 0 radical (unpaired) electrons. The van der Waals surface area contributed by atoms with Crippen LogP contribution in [0.1, 0.15) is 34.8 Å². The van der Waals surface area contributed by atoms with Gasteiger partial charge in [-0.25, -0.2) is 4.39 Å². The molecule has 1 heterocycles. The summed E-state index contributed by atoms with van der Waals surface area (Å²) in [5.74, 6) is 0.752. The summed E-state index contributed by atoms with van der Waals surface area (Å²) in [6.45, 7) is 2.50. The molecule has 1 N–H and O–H groups in total. The minimum absolute atomic E-state index is 0.137. The maximum absolute atomic E-state index is 13.3. The Bertz CT molecular complexity index is 1230. The van der Waals surface area contributed by atoms with Gasteiger partial charge in [-0.05, 0) is 54.4 Å². The van der Waals surface area contributed by atoms with Crippen LogP contribution in [0.15, 0.2) is 60.7 Å². The van der Waals surface area contributed by atoms with E-state index >= 15 is 0 Å². The number of amides is 2. The van der Waals surface area contributed by atoms with Crippen molar-refractivity contribution in [3.8, 4) is 17.2 Å². The van der Waals surface area contributed by atoms with E-state index in [9.17, 15) is 14.0 Å². The third-order valence-electron chi connectivity index (χ3n) is 5.85. The molecule has 2 amide bonds. The monoisotopic (exact) mass is 478 g/mol. The average molecular weight is 479 g/mol. The largest absolute Gasteiger partial charge is 0.497 e. The van der Waals surface area contributed by atoms with Crippen LogP contribution in [-0.4, -0.2) is 37.0 Å². The van der Waals surface area contributed by atoms with Crippen molar-refractivity contribution in [3.63, 3.8) is 0 Å². The minimum Gasteiger partial charge on any atom is -0.497 e. The molecule has 0 saturated carbocycles. The molecule has 7 nitrogen and oxygen atoms in total. The van der Waals surface area contributed by atoms with E-state index in [0.29, 0.717) is 41.5 Å². The zero-order valence-corrected chi connectivity index (χ0v) is 19.8. The lowest BCUT2D eigenvalue weighted by atomic mass is 10.1. The van der Waals surface area contributed by atoms with Gasteiger partial charge in [-0.15, -0.1) is 0 Å². The number of ether oxygens (including phenoxy) is 3. The highest BCUT2D eigenvalue weighted by Gasteiger charge is 2.30. The second-order valence-electron chi connectivity index (χ2n) is 8.18. The maximum atomic E-state index is 13.3. The lowest BCUT2D eigenvalue weighted by Gasteiger charge is -2.23. The van der Waals surface area contributed by atoms with Crippen molar-refractivity contribution in [1.82, 2.24) is 4.90 Å². The third kappa shape index (κ3) is 5.37. The van der Waals surface area contributed by atoms with Gasteiger partial charge >= 0.3 is 0 Å². The van der Waals surface area contributed by atoms with E-state index in [4.69, 9.17) is 14.2 Å². The molecule has 1 aliphatic rings. The summed E-state index contributed by atoms with van der Waals surface area (Å²) in [6.07, 6.45) is -0.116. The molecule has 1 aliphatic heterocycles. The van der Waals surface area contributed by atoms with Crippen molar-refractivity contribution in [2.45, 2.75) is 32.5 Å². The fraction of sp³-hybridized carbons (Fsp3) is 0.259. The first-order chi connectivity index (χ1) is 16.9. The van der Waals surface area contributed by atoms with Gasteiger partial charge < -0.3 is 24.4 Å². The number of nitrogens with one attached hydrogen (secondary N) is 1. The molecule has 0 unspecified atom stereocenters. The Balaban J connectivity index is 1.58. The number of fused-ring (bicyclic) bond motifs is 1. The molecule has 0 saturated heterocycles. The highest BCUT2D eigenvalue weighted by atomic mass is 19.1. The molecular weight excluding hydrogens is 451 g/mol. The van der Waals surface area contributed by atoms with Crippen LogP contribution in [0.5, 0.6) is 17.2 Å². The van der Waals surface area contributed by atoms with Crippen molar-refractivity contribution in [2.75, 3.05) is 19.5 Å². The molecule has 3 aromatic rings. The SMILES string of the molecule is CC[C@H]1Oc2ccc(NC(=O)c3ccc(OC)cc3OC)cc2CN(Cc2ccc(F)cc2)C1=O. The quantitative estimate of drug-likeness (QED) is 0.528. The minimum atomic E-state index is -0.624. The molecule has 0 bridgehead atoms. The van der Waals surface area contributed by atoms with E-state index in [0.717, 1.165) is 11.1 Å². The third-order valence-corrected chi connectivity index (χ3v) is 5.85. The molecule has 0 aliphatic carbocycles. The smallest absolute Gasteiger partial charge is 0.264 e. The fourth-order valence-corrected chi connectivity index (χ4v) is 3.97. The van der Waals surface area contributed by atoms with Crippen LogP contribution in [0.4, 0.5) is 10.1 Å². The number of hydrogen-bond donors (Lipinski definition) is 1. The lowest BCUT2D eigenvalue weighted by molar-refractivity contribution is -0.139. The molecule has 0 fully saturated rings. The van der Waals surface area contributed by atoms with Crippen LogP contribution in [0, 0.1) is 5.82 Å². The second kappa shape index (κ2) is 10.5. The van der Waals surface area contributed by atoms with E-state index in [1.54, 1.807) is 60.5 Å². The summed E-state index contributed by atoms with van der Waals surface area (Å²) in [4.78, 5) is 27.8. The van der Waals surface area contributed by atoms with Crippen molar-refractivity contribution in [2.24, 2.45) is 0 Å². The number of carbonyl (C=O) groups is 2.